The fourth-order valence-corrected chi connectivity index (χ4v) is 2.01. The van der Waals surface area contributed by atoms with E-state index >= 15 is 0 Å². The first kappa shape index (κ1) is 19.2. The molecule has 0 saturated heterocycles. The summed E-state index contributed by atoms with van der Waals surface area (Å²) >= 11 is 0. The molecule has 2 aromatic carbocycles. The molecule has 0 fully saturated rings. The van der Waals surface area contributed by atoms with E-state index in [-0.39, 0.29) is 13.5 Å². The normalized spacial score (nSPS) is 11.9. The van der Waals surface area contributed by atoms with Gasteiger partial charge in [0.1, 0.15) is 11.9 Å². The van der Waals surface area contributed by atoms with Crippen molar-refractivity contribution in [2.45, 2.75) is 20.5 Å². The summed E-state index contributed by atoms with van der Waals surface area (Å²) in [6, 6.07) is 18.1. The number of hydrogen-bond donors (Lipinski definition) is 2. The number of nitrogens with one attached hydrogen (secondary N) is 1. The Balaban J connectivity index is 0.00000288. The van der Waals surface area contributed by atoms with Gasteiger partial charge in [-0.15, -0.1) is 0 Å². The second-order valence-electron chi connectivity index (χ2n) is 4.93. The summed E-state index contributed by atoms with van der Waals surface area (Å²) in [5.41, 5.74) is 3.82. The third kappa shape index (κ3) is 6.10. The lowest BCUT2D eigenvalue weighted by Crippen LogP contribution is -2.14. The van der Waals surface area contributed by atoms with E-state index in [1.165, 1.54) is 23.2 Å². The number of hydrogen-bond acceptors (Lipinski definition) is 3. The summed E-state index contributed by atoms with van der Waals surface area (Å²) in [7, 11) is 0. The van der Waals surface area contributed by atoms with Crippen LogP contribution >= 0.6 is 0 Å². The molecular weight excluding hydrogens is 302 g/mol. The molecule has 1 unspecified atom stereocenters. The van der Waals surface area contributed by atoms with E-state index in [1.54, 1.807) is 6.08 Å². The third-order valence-electron chi connectivity index (χ3n) is 3.13. The van der Waals surface area contributed by atoms with Crippen molar-refractivity contribution >= 4 is 5.91 Å². The van der Waals surface area contributed by atoms with E-state index < -0.39 is 5.91 Å². The number of carbonyl (C=O) groups excluding carboxylic acids is 1. The minimum Gasteiger partial charge on any atom is -0.487 e. The smallest absolute Gasteiger partial charge is 0.267 e. The van der Waals surface area contributed by atoms with Crippen LogP contribution in [-0.2, 0) is 4.79 Å². The topological polar surface area (TPSA) is 58.6 Å². The molecule has 0 bridgehead atoms. The maximum absolute atomic E-state index is 10.8. The molecule has 2 rings (SSSR count). The summed E-state index contributed by atoms with van der Waals surface area (Å²) < 4.78 is 5.77. The quantitative estimate of drug-likeness (QED) is 0.359. The van der Waals surface area contributed by atoms with Crippen molar-refractivity contribution in [2.75, 3.05) is 0 Å². The Morgan fingerprint density at radius 1 is 1.04 bits per heavy atom. The highest BCUT2D eigenvalue weighted by atomic mass is 16.5. The summed E-state index contributed by atoms with van der Waals surface area (Å²) in [6.07, 6.45) is 6.12. The first-order chi connectivity index (χ1) is 11.2. The SMILES string of the molecule is C.CC(/C=C/C=C/C(=O)NO)Oc1ccc(-c2ccccc2)cc1. The van der Waals surface area contributed by atoms with Gasteiger partial charge in [0.2, 0.25) is 0 Å². The van der Waals surface area contributed by atoms with Crippen LogP contribution in [0.4, 0.5) is 0 Å². The van der Waals surface area contributed by atoms with Crippen molar-refractivity contribution in [1.29, 1.82) is 0 Å². The molecule has 1 atom stereocenters. The van der Waals surface area contributed by atoms with E-state index in [4.69, 9.17) is 9.94 Å². The molecule has 0 aromatic heterocycles. The molecule has 0 saturated carbocycles. The Morgan fingerprint density at radius 2 is 1.67 bits per heavy atom. The molecule has 0 aliphatic heterocycles. The maximum Gasteiger partial charge on any atom is 0.267 e. The largest absolute Gasteiger partial charge is 0.487 e. The van der Waals surface area contributed by atoms with Gasteiger partial charge in [-0.2, -0.15) is 0 Å². The molecule has 4 heteroatoms. The zero-order valence-corrected chi connectivity index (χ0v) is 12.8. The molecule has 2 aromatic rings. The minimum absolute atomic E-state index is 0. The predicted molar refractivity (Wildman–Crippen MR) is 96.9 cm³/mol. The maximum atomic E-state index is 10.8. The molecule has 2 N–H and O–H groups in total. The van der Waals surface area contributed by atoms with Crippen molar-refractivity contribution in [3.63, 3.8) is 0 Å². The lowest BCUT2D eigenvalue weighted by molar-refractivity contribution is -0.124. The number of allylic oxidation sites excluding steroid dienone is 2. The van der Waals surface area contributed by atoms with Gasteiger partial charge in [0.15, 0.2) is 0 Å². The fraction of sp³-hybridized carbons (Fsp3) is 0.150. The Kier molecular flexibility index (Phi) is 8.02. The highest BCUT2D eigenvalue weighted by molar-refractivity contribution is 5.86. The Bertz CT molecular complexity index is 676. The molecule has 0 heterocycles. The van der Waals surface area contributed by atoms with Crippen LogP contribution in [0.3, 0.4) is 0 Å². The molecule has 0 radical (unpaired) electrons. The molecule has 0 aliphatic carbocycles. The van der Waals surface area contributed by atoms with Gasteiger partial charge in [-0.05, 0) is 36.3 Å². The van der Waals surface area contributed by atoms with Gasteiger partial charge in [0, 0.05) is 6.08 Å². The zero-order valence-electron chi connectivity index (χ0n) is 12.8. The van der Waals surface area contributed by atoms with Gasteiger partial charge >= 0.3 is 0 Å². The van der Waals surface area contributed by atoms with Crippen molar-refractivity contribution in [3.8, 4) is 16.9 Å². The standard InChI is InChI=1S/C19H19NO3.CH4/c1-15(7-5-6-10-19(21)20-22)23-18-13-11-17(12-14-18)16-8-3-2-4-9-16;/h2-15,22H,1H3,(H,20,21);1H4/b7-5+,10-6+;. The van der Waals surface area contributed by atoms with Crippen LogP contribution < -0.4 is 10.2 Å². The first-order valence-corrected chi connectivity index (χ1v) is 7.30. The summed E-state index contributed by atoms with van der Waals surface area (Å²) in [6.45, 7) is 1.90. The highest BCUT2D eigenvalue weighted by Gasteiger charge is 2.01. The molecule has 0 aliphatic rings. The summed E-state index contributed by atoms with van der Waals surface area (Å²) in [5, 5.41) is 8.34. The van der Waals surface area contributed by atoms with E-state index in [0.717, 1.165) is 11.3 Å². The van der Waals surface area contributed by atoms with E-state index in [9.17, 15) is 4.79 Å². The molecule has 0 spiro atoms. The van der Waals surface area contributed by atoms with Crippen molar-refractivity contribution in [3.05, 3.63) is 78.9 Å². The number of hydroxylamine groups is 1. The molecule has 4 nitrogen and oxygen atoms in total. The predicted octanol–water partition coefficient (Wildman–Crippen LogP) is 4.37. The monoisotopic (exact) mass is 325 g/mol. The molecular formula is C20H23NO3. The lowest BCUT2D eigenvalue weighted by atomic mass is 10.1. The van der Waals surface area contributed by atoms with Crippen molar-refractivity contribution < 1.29 is 14.7 Å². The number of benzene rings is 2. The molecule has 1 amide bonds. The first-order valence-electron chi connectivity index (χ1n) is 7.30. The van der Waals surface area contributed by atoms with Gasteiger partial charge in [0.05, 0.1) is 0 Å². The summed E-state index contributed by atoms with van der Waals surface area (Å²) in [4.78, 5) is 10.8. The van der Waals surface area contributed by atoms with E-state index in [2.05, 4.69) is 12.1 Å². The van der Waals surface area contributed by atoms with Crippen LogP contribution in [0.1, 0.15) is 14.4 Å². The summed E-state index contributed by atoms with van der Waals surface area (Å²) in [5.74, 6) is 0.207. The van der Waals surface area contributed by atoms with Crippen molar-refractivity contribution in [2.24, 2.45) is 0 Å². The lowest BCUT2D eigenvalue weighted by Gasteiger charge is -2.11. The number of amides is 1. The minimum atomic E-state index is -0.570. The Hall–Kier alpha value is -2.85. The zero-order chi connectivity index (χ0) is 16.5. The van der Waals surface area contributed by atoms with Gasteiger partial charge in [-0.3, -0.25) is 10.0 Å². The highest BCUT2D eigenvalue weighted by Crippen LogP contribution is 2.22. The molecule has 24 heavy (non-hydrogen) atoms. The average molecular weight is 325 g/mol. The van der Waals surface area contributed by atoms with E-state index in [0.29, 0.717) is 0 Å². The Morgan fingerprint density at radius 3 is 2.29 bits per heavy atom. The van der Waals surface area contributed by atoms with Gasteiger partial charge in [0.25, 0.3) is 5.91 Å². The molecule has 126 valence electrons. The number of rotatable bonds is 6. The third-order valence-corrected chi connectivity index (χ3v) is 3.13. The van der Waals surface area contributed by atoms with Crippen LogP contribution in [0, 0.1) is 0 Å². The van der Waals surface area contributed by atoms with Crippen LogP contribution in [0.5, 0.6) is 5.75 Å². The second-order valence-corrected chi connectivity index (χ2v) is 4.93. The second kappa shape index (κ2) is 10.0. The van der Waals surface area contributed by atoms with Crippen LogP contribution in [0.25, 0.3) is 11.1 Å². The van der Waals surface area contributed by atoms with E-state index in [1.807, 2.05) is 55.5 Å². The number of carbonyl (C=O) groups is 1. The van der Waals surface area contributed by atoms with Crippen LogP contribution in [0.2, 0.25) is 0 Å². The average Bonchev–Trinajstić information content (AvgIpc) is 2.60. The van der Waals surface area contributed by atoms with Crippen LogP contribution in [0.15, 0.2) is 78.9 Å². The fourth-order valence-electron chi connectivity index (χ4n) is 2.01. The Labute approximate surface area is 143 Å². The van der Waals surface area contributed by atoms with Crippen LogP contribution in [-0.4, -0.2) is 17.2 Å². The van der Waals surface area contributed by atoms with Gasteiger partial charge in [-0.1, -0.05) is 62.0 Å². The number of ether oxygens (including phenoxy) is 1. The van der Waals surface area contributed by atoms with Crippen molar-refractivity contribution in [1.82, 2.24) is 5.48 Å². The van der Waals surface area contributed by atoms with Gasteiger partial charge in [-0.25, -0.2) is 5.48 Å². The van der Waals surface area contributed by atoms with Gasteiger partial charge < -0.3 is 4.74 Å².